The summed E-state index contributed by atoms with van der Waals surface area (Å²) in [6.07, 6.45) is 3.69. The van der Waals surface area contributed by atoms with Crippen LogP contribution >= 0.6 is 0 Å². The number of fused-ring (bicyclic) bond motifs is 3. The van der Waals surface area contributed by atoms with Gasteiger partial charge in [-0.15, -0.1) is 0 Å². The van der Waals surface area contributed by atoms with Crippen LogP contribution in [0.4, 0.5) is 0 Å². The van der Waals surface area contributed by atoms with E-state index >= 15 is 0 Å². The van der Waals surface area contributed by atoms with E-state index in [2.05, 4.69) is 126 Å². The molecule has 9 rings (SSSR count). The third-order valence-electron chi connectivity index (χ3n) is 9.18. The number of benzene rings is 6. The lowest BCUT2D eigenvalue weighted by Gasteiger charge is -2.15. The van der Waals surface area contributed by atoms with E-state index in [0.717, 1.165) is 72.3 Å². The van der Waals surface area contributed by atoms with Crippen LogP contribution in [0.15, 0.2) is 182 Å². The van der Waals surface area contributed by atoms with E-state index in [1.54, 1.807) is 6.20 Å². The van der Waals surface area contributed by atoms with Crippen LogP contribution in [-0.2, 0) is 0 Å². The molecule has 0 radical (unpaired) electrons. The van der Waals surface area contributed by atoms with Crippen LogP contribution in [0.2, 0.25) is 0 Å². The molecule has 0 saturated carbocycles. The molecule has 0 N–H and O–H groups in total. The first kappa shape index (κ1) is 29.4. The predicted molar refractivity (Wildman–Crippen MR) is 205 cm³/mol. The maximum Gasteiger partial charge on any atom is 0.160 e. The SMILES string of the molecule is c1ccc(-c2cc(-c3ccc(-c4cccc(-c5cccc6c(-c7cccnc7)nc7ccccc7c56)c4)cc3)nc(-c3ccccc3)n2)cc1. The summed E-state index contributed by atoms with van der Waals surface area (Å²) in [5, 5.41) is 3.44. The minimum Gasteiger partial charge on any atom is -0.264 e. The molecule has 9 aromatic rings. The van der Waals surface area contributed by atoms with Crippen LogP contribution in [0, 0.1) is 0 Å². The van der Waals surface area contributed by atoms with Gasteiger partial charge in [0.05, 0.1) is 22.6 Å². The Morgan fingerprint density at radius 1 is 0.360 bits per heavy atom. The summed E-state index contributed by atoms with van der Waals surface area (Å²) in [5.41, 5.74) is 12.4. The zero-order valence-electron chi connectivity index (χ0n) is 27.1. The second kappa shape index (κ2) is 12.7. The first-order valence-corrected chi connectivity index (χ1v) is 16.7. The third kappa shape index (κ3) is 5.49. The maximum atomic E-state index is 5.10. The summed E-state index contributed by atoms with van der Waals surface area (Å²) >= 11 is 0. The van der Waals surface area contributed by atoms with Crippen molar-refractivity contribution in [1.82, 2.24) is 19.9 Å². The molecule has 0 atom stereocenters. The van der Waals surface area contributed by atoms with Crippen LogP contribution in [0.1, 0.15) is 0 Å². The Morgan fingerprint density at radius 2 is 0.960 bits per heavy atom. The highest BCUT2D eigenvalue weighted by Crippen LogP contribution is 2.39. The van der Waals surface area contributed by atoms with E-state index in [0.29, 0.717) is 5.82 Å². The van der Waals surface area contributed by atoms with E-state index < -0.39 is 0 Å². The highest BCUT2D eigenvalue weighted by Gasteiger charge is 2.15. The zero-order chi connectivity index (χ0) is 33.3. The van der Waals surface area contributed by atoms with E-state index in [4.69, 9.17) is 15.0 Å². The van der Waals surface area contributed by atoms with Crippen LogP contribution in [0.5, 0.6) is 0 Å². The molecule has 3 heterocycles. The molecule has 4 heteroatoms. The Morgan fingerprint density at radius 3 is 1.72 bits per heavy atom. The average molecular weight is 639 g/mol. The summed E-state index contributed by atoms with van der Waals surface area (Å²) in [6, 6.07) is 59.0. The van der Waals surface area contributed by atoms with Crippen LogP contribution in [0.25, 0.3) is 89.1 Å². The molecule has 0 aliphatic rings. The molecule has 6 aromatic carbocycles. The van der Waals surface area contributed by atoms with E-state index in [1.165, 1.54) is 10.9 Å². The maximum absolute atomic E-state index is 5.10. The molecule has 0 aliphatic carbocycles. The van der Waals surface area contributed by atoms with Gasteiger partial charge in [0.1, 0.15) is 0 Å². The summed E-state index contributed by atoms with van der Waals surface area (Å²) in [7, 11) is 0. The molecule has 0 unspecified atom stereocenters. The summed E-state index contributed by atoms with van der Waals surface area (Å²) in [5.74, 6) is 0.711. The zero-order valence-corrected chi connectivity index (χ0v) is 27.1. The van der Waals surface area contributed by atoms with Crippen molar-refractivity contribution in [1.29, 1.82) is 0 Å². The largest absolute Gasteiger partial charge is 0.264 e. The summed E-state index contributed by atoms with van der Waals surface area (Å²) in [6.45, 7) is 0. The van der Waals surface area contributed by atoms with Gasteiger partial charge in [0.25, 0.3) is 0 Å². The fourth-order valence-corrected chi connectivity index (χ4v) is 6.73. The van der Waals surface area contributed by atoms with Crippen molar-refractivity contribution < 1.29 is 0 Å². The monoisotopic (exact) mass is 638 g/mol. The number of aromatic nitrogens is 4. The van der Waals surface area contributed by atoms with Gasteiger partial charge in [-0.25, -0.2) is 15.0 Å². The molecule has 50 heavy (non-hydrogen) atoms. The minimum atomic E-state index is 0.711. The highest BCUT2D eigenvalue weighted by molar-refractivity contribution is 6.17. The topological polar surface area (TPSA) is 51.6 Å². The number of para-hydroxylation sites is 1. The van der Waals surface area contributed by atoms with Gasteiger partial charge < -0.3 is 0 Å². The second-order valence-corrected chi connectivity index (χ2v) is 12.3. The molecular formula is C46H30N4. The van der Waals surface area contributed by atoms with Crippen molar-refractivity contribution in [3.8, 4) is 67.4 Å². The molecular weight excluding hydrogens is 609 g/mol. The fourth-order valence-electron chi connectivity index (χ4n) is 6.73. The van der Waals surface area contributed by atoms with Crippen LogP contribution in [0.3, 0.4) is 0 Å². The fraction of sp³-hybridized carbons (Fsp3) is 0. The first-order valence-electron chi connectivity index (χ1n) is 16.7. The highest BCUT2D eigenvalue weighted by atomic mass is 14.9. The number of hydrogen-bond donors (Lipinski definition) is 0. The lowest BCUT2D eigenvalue weighted by Crippen LogP contribution is -1.95. The van der Waals surface area contributed by atoms with Gasteiger partial charge in [0.15, 0.2) is 5.82 Å². The van der Waals surface area contributed by atoms with Gasteiger partial charge >= 0.3 is 0 Å². The Hall–Kier alpha value is -6.78. The number of rotatable bonds is 6. The van der Waals surface area contributed by atoms with E-state index in [-0.39, 0.29) is 0 Å². The van der Waals surface area contributed by atoms with Crippen LogP contribution < -0.4 is 0 Å². The summed E-state index contributed by atoms with van der Waals surface area (Å²) in [4.78, 5) is 19.5. The van der Waals surface area contributed by atoms with Crippen molar-refractivity contribution in [2.75, 3.05) is 0 Å². The van der Waals surface area contributed by atoms with Gasteiger partial charge in [-0.3, -0.25) is 4.98 Å². The molecule has 4 nitrogen and oxygen atoms in total. The lowest BCUT2D eigenvalue weighted by molar-refractivity contribution is 1.18. The number of pyridine rings is 2. The van der Waals surface area contributed by atoms with Crippen LogP contribution in [-0.4, -0.2) is 19.9 Å². The Balaban J connectivity index is 1.12. The van der Waals surface area contributed by atoms with E-state index in [9.17, 15) is 0 Å². The predicted octanol–water partition coefficient (Wildman–Crippen LogP) is 11.6. The number of hydrogen-bond acceptors (Lipinski definition) is 4. The Labute approximate surface area is 290 Å². The van der Waals surface area contributed by atoms with E-state index in [1.807, 2.05) is 54.7 Å². The normalized spacial score (nSPS) is 11.2. The van der Waals surface area contributed by atoms with Crippen molar-refractivity contribution in [2.24, 2.45) is 0 Å². The van der Waals surface area contributed by atoms with Crippen molar-refractivity contribution in [2.45, 2.75) is 0 Å². The molecule has 0 saturated heterocycles. The first-order chi connectivity index (χ1) is 24.8. The molecule has 0 aliphatic heterocycles. The molecule has 0 amide bonds. The summed E-state index contributed by atoms with van der Waals surface area (Å²) < 4.78 is 0. The molecule has 3 aromatic heterocycles. The van der Waals surface area contributed by atoms with Crippen molar-refractivity contribution >= 4 is 21.7 Å². The molecule has 0 bridgehead atoms. The number of nitrogens with zero attached hydrogens (tertiary/aromatic N) is 4. The standard InChI is InChI=1S/C46H30N4/c1-3-12-32(13-4-1)42-29-43(50-46(49-42)34-14-5-2-6-15-34)33-25-23-31(24-26-33)35-16-9-17-36(28-35)38-20-10-21-40-44(38)39-19-7-8-22-41(39)48-45(40)37-18-11-27-47-30-37/h1-30H. The van der Waals surface area contributed by atoms with Gasteiger partial charge in [-0.1, -0.05) is 140 Å². The average Bonchev–Trinajstić information content (AvgIpc) is 3.21. The smallest absolute Gasteiger partial charge is 0.160 e. The third-order valence-corrected chi connectivity index (χ3v) is 9.18. The lowest BCUT2D eigenvalue weighted by atomic mass is 9.91. The quantitative estimate of drug-likeness (QED) is 0.170. The molecule has 0 spiro atoms. The van der Waals surface area contributed by atoms with Gasteiger partial charge in [-0.05, 0) is 52.6 Å². The van der Waals surface area contributed by atoms with Crippen molar-refractivity contribution in [3.63, 3.8) is 0 Å². The van der Waals surface area contributed by atoms with Gasteiger partial charge in [0.2, 0.25) is 0 Å². The molecule has 0 fully saturated rings. The Kier molecular flexibility index (Phi) is 7.45. The van der Waals surface area contributed by atoms with Crippen molar-refractivity contribution in [3.05, 3.63) is 182 Å². The van der Waals surface area contributed by atoms with Gasteiger partial charge in [0, 0.05) is 50.8 Å². The second-order valence-electron chi connectivity index (χ2n) is 12.3. The van der Waals surface area contributed by atoms with Gasteiger partial charge in [-0.2, -0.15) is 0 Å². The minimum absolute atomic E-state index is 0.711. The molecule has 234 valence electrons. The Bertz CT molecular complexity index is 2560.